The lowest BCUT2D eigenvalue weighted by molar-refractivity contribution is 0.367. The van der Waals surface area contributed by atoms with E-state index in [4.69, 9.17) is 11.5 Å². The maximum atomic E-state index is 13.4. The van der Waals surface area contributed by atoms with E-state index < -0.39 is 5.82 Å². The minimum atomic E-state index is -0.416. The molecule has 0 aliphatic heterocycles. The maximum absolute atomic E-state index is 13.4. The van der Waals surface area contributed by atoms with Gasteiger partial charge in [-0.25, -0.2) is 8.78 Å². The lowest BCUT2D eigenvalue weighted by atomic mass is 9.88. The fourth-order valence-corrected chi connectivity index (χ4v) is 1.77. The zero-order valence-corrected chi connectivity index (χ0v) is 9.42. The molecule has 16 heavy (non-hydrogen) atoms. The van der Waals surface area contributed by atoms with Crippen LogP contribution in [0.4, 0.5) is 8.78 Å². The summed E-state index contributed by atoms with van der Waals surface area (Å²) in [6, 6.07) is 3.50. The molecule has 4 N–H and O–H groups in total. The monoisotopic (exact) mass is 228 g/mol. The van der Waals surface area contributed by atoms with Crippen molar-refractivity contribution in [2.45, 2.75) is 13.3 Å². The third kappa shape index (κ3) is 3.25. The zero-order chi connectivity index (χ0) is 12.1. The van der Waals surface area contributed by atoms with E-state index in [9.17, 15) is 8.78 Å². The highest BCUT2D eigenvalue weighted by atomic mass is 19.1. The van der Waals surface area contributed by atoms with Crippen LogP contribution in [-0.4, -0.2) is 13.1 Å². The summed E-state index contributed by atoms with van der Waals surface area (Å²) in [6.07, 6.45) is 0.461. The smallest absolute Gasteiger partial charge is 0.126 e. The molecule has 0 saturated heterocycles. The molecule has 1 unspecified atom stereocenters. The van der Waals surface area contributed by atoms with E-state index in [1.165, 1.54) is 6.07 Å². The lowest BCUT2D eigenvalue weighted by Crippen LogP contribution is -2.30. The quantitative estimate of drug-likeness (QED) is 0.805. The maximum Gasteiger partial charge on any atom is 0.126 e. The Bertz CT molecular complexity index is 338. The Morgan fingerprint density at radius 3 is 2.38 bits per heavy atom. The van der Waals surface area contributed by atoms with E-state index in [0.29, 0.717) is 25.1 Å². The summed E-state index contributed by atoms with van der Waals surface area (Å²) in [4.78, 5) is 0. The van der Waals surface area contributed by atoms with Gasteiger partial charge in [-0.3, -0.25) is 0 Å². The fourth-order valence-electron chi connectivity index (χ4n) is 1.77. The minimum Gasteiger partial charge on any atom is -0.330 e. The summed E-state index contributed by atoms with van der Waals surface area (Å²) in [6.45, 7) is 2.89. The molecule has 1 aromatic carbocycles. The van der Waals surface area contributed by atoms with Gasteiger partial charge < -0.3 is 11.5 Å². The number of halogens is 2. The predicted octanol–water partition coefficient (Wildman–Crippen LogP) is 1.68. The van der Waals surface area contributed by atoms with Crippen LogP contribution >= 0.6 is 0 Å². The average Bonchev–Trinajstić information content (AvgIpc) is 2.25. The van der Waals surface area contributed by atoms with Crippen LogP contribution in [0.2, 0.25) is 0 Å². The van der Waals surface area contributed by atoms with Crippen LogP contribution in [0.3, 0.4) is 0 Å². The Morgan fingerprint density at radius 2 is 1.81 bits per heavy atom. The van der Waals surface area contributed by atoms with Gasteiger partial charge in [0.05, 0.1) is 0 Å². The summed E-state index contributed by atoms with van der Waals surface area (Å²) in [5.74, 6) is -0.504. The second-order valence-electron chi connectivity index (χ2n) is 4.15. The number of hydrogen-bond donors (Lipinski definition) is 2. The van der Waals surface area contributed by atoms with E-state index in [0.717, 1.165) is 12.1 Å². The molecule has 2 nitrogen and oxygen atoms in total. The Kier molecular flexibility index (Phi) is 4.83. The van der Waals surface area contributed by atoms with Crippen molar-refractivity contribution in [2.24, 2.45) is 23.3 Å². The van der Waals surface area contributed by atoms with Crippen LogP contribution in [-0.2, 0) is 6.42 Å². The van der Waals surface area contributed by atoms with Gasteiger partial charge in [0.1, 0.15) is 11.6 Å². The van der Waals surface area contributed by atoms with Gasteiger partial charge in [-0.1, -0.05) is 6.92 Å². The zero-order valence-electron chi connectivity index (χ0n) is 9.42. The van der Waals surface area contributed by atoms with Crippen molar-refractivity contribution in [3.05, 3.63) is 35.4 Å². The van der Waals surface area contributed by atoms with Crippen LogP contribution < -0.4 is 11.5 Å². The van der Waals surface area contributed by atoms with Crippen molar-refractivity contribution in [1.29, 1.82) is 0 Å². The van der Waals surface area contributed by atoms with Gasteiger partial charge >= 0.3 is 0 Å². The molecule has 0 saturated carbocycles. The number of rotatable bonds is 5. The van der Waals surface area contributed by atoms with Gasteiger partial charge in [0, 0.05) is 0 Å². The third-order valence-corrected chi connectivity index (χ3v) is 2.96. The second kappa shape index (κ2) is 5.92. The molecule has 0 aliphatic carbocycles. The minimum absolute atomic E-state index is 0.141. The standard InChI is InChI=1S/C12H18F2N2/c1-8(10(6-15)7-16)4-9-5-11(13)2-3-12(9)14/h2-3,5,8,10H,4,6-7,15-16H2,1H3. The van der Waals surface area contributed by atoms with E-state index >= 15 is 0 Å². The van der Waals surface area contributed by atoms with Crippen molar-refractivity contribution in [3.63, 3.8) is 0 Å². The van der Waals surface area contributed by atoms with Crippen LogP contribution in [0.25, 0.3) is 0 Å². The van der Waals surface area contributed by atoms with Crippen molar-refractivity contribution >= 4 is 0 Å². The lowest BCUT2D eigenvalue weighted by Gasteiger charge is -2.21. The van der Waals surface area contributed by atoms with Crippen molar-refractivity contribution in [3.8, 4) is 0 Å². The van der Waals surface area contributed by atoms with Gasteiger partial charge in [0.25, 0.3) is 0 Å². The van der Waals surface area contributed by atoms with Gasteiger partial charge in [-0.2, -0.15) is 0 Å². The highest BCUT2D eigenvalue weighted by Gasteiger charge is 2.16. The Hall–Kier alpha value is -1.00. The predicted molar refractivity (Wildman–Crippen MR) is 60.8 cm³/mol. The topological polar surface area (TPSA) is 52.0 Å². The second-order valence-corrected chi connectivity index (χ2v) is 4.15. The largest absolute Gasteiger partial charge is 0.330 e. The SMILES string of the molecule is CC(Cc1cc(F)ccc1F)C(CN)CN. The summed E-state index contributed by atoms with van der Waals surface area (Å²) < 4.78 is 26.3. The normalized spacial score (nSPS) is 13.1. The van der Waals surface area contributed by atoms with Gasteiger partial charge in [0.2, 0.25) is 0 Å². The third-order valence-electron chi connectivity index (χ3n) is 2.96. The summed E-state index contributed by atoms with van der Waals surface area (Å²) in [5, 5.41) is 0. The molecule has 1 aromatic rings. The van der Waals surface area contributed by atoms with Crippen LogP contribution in [0.5, 0.6) is 0 Å². The molecular weight excluding hydrogens is 210 g/mol. The Morgan fingerprint density at radius 1 is 1.19 bits per heavy atom. The molecule has 0 aliphatic rings. The Labute approximate surface area is 94.6 Å². The molecule has 0 fully saturated rings. The molecule has 0 bridgehead atoms. The number of benzene rings is 1. The molecule has 0 aromatic heterocycles. The van der Waals surface area contributed by atoms with E-state index in [1.54, 1.807) is 0 Å². The van der Waals surface area contributed by atoms with Crippen molar-refractivity contribution in [2.75, 3.05) is 13.1 Å². The first-order valence-corrected chi connectivity index (χ1v) is 5.42. The van der Waals surface area contributed by atoms with E-state index in [2.05, 4.69) is 0 Å². The molecule has 90 valence electrons. The van der Waals surface area contributed by atoms with E-state index in [1.807, 2.05) is 6.92 Å². The van der Waals surface area contributed by atoms with E-state index in [-0.39, 0.29) is 17.7 Å². The number of nitrogens with two attached hydrogens (primary N) is 2. The van der Waals surface area contributed by atoms with Crippen molar-refractivity contribution in [1.82, 2.24) is 0 Å². The Balaban J connectivity index is 2.75. The summed E-state index contributed by atoms with van der Waals surface area (Å²) in [5.41, 5.74) is 11.5. The summed E-state index contributed by atoms with van der Waals surface area (Å²) in [7, 11) is 0. The molecule has 0 spiro atoms. The molecule has 0 heterocycles. The highest BCUT2D eigenvalue weighted by Crippen LogP contribution is 2.19. The van der Waals surface area contributed by atoms with Crippen LogP contribution in [0.1, 0.15) is 12.5 Å². The number of hydrogen-bond acceptors (Lipinski definition) is 2. The molecule has 1 atom stereocenters. The first-order valence-electron chi connectivity index (χ1n) is 5.42. The van der Waals surface area contributed by atoms with Crippen molar-refractivity contribution < 1.29 is 8.78 Å². The van der Waals surface area contributed by atoms with Gasteiger partial charge in [-0.15, -0.1) is 0 Å². The molecule has 0 amide bonds. The van der Waals surface area contributed by atoms with Gasteiger partial charge in [0.15, 0.2) is 0 Å². The first kappa shape index (κ1) is 13.1. The fraction of sp³-hybridized carbons (Fsp3) is 0.500. The molecular formula is C12H18F2N2. The molecule has 0 radical (unpaired) electrons. The first-order chi connectivity index (χ1) is 7.58. The summed E-state index contributed by atoms with van der Waals surface area (Å²) >= 11 is 0. The molecule has 1 rings (SSSR count). The highest BCUT2D eigenvalue weighted by molar-refractivity contribution is 5.19. The van der Waals surface area contributed by atoms with Crippen LogP contribution in [0, 0.1) is 23.5 Å². The van der Waals surface area contributed by atoms with Gasteiger partial charge in [-0.05, 0) is 55.1 Å². The average molecular weight is 228 g/mol. The molecule has 4 heteroatoms. The van der Waals surface area contributed by atoms with Crippen LogP contribution in [0.15, 0.2) is 18.2 Å².